The van der Waals surface area contributed by atoms with Gasteiger partial charge < -0.3 is 15.2 Å². The van der Waals surface area contributed by atoms with Gasteiger partial charge in [-0.25, -0.2) is 4.39 Å². The molecule has 2 atom stereocenters. The summed E-state index contributed by atoms with van der Waals surface area (Å²) >= 11 is 0. The molecule has 17 heavy (non-hydrogen) atoms. The Morgan fingerprint density at radius 3 is 2.65 bits per heavy atom. The largest absolute Gasteiger partial charge is 0.496 e. The lowest BCUT2D eigenvalue weighted by Crippen LogP contribution is -2.22. The molecule has 4 heteroatoms. The van der Waals surface area contributed by atoms with Crippen molar-refractivity contribution < 1.29 is 13.9 Å². The van der Waals surface area contributed by atoms with Crippen LogP contribution in [-0.4, -0.2) is 20.8 Å². The Morgan fingerprint density at radius 2 is 2.06 bits per heavy atom. The fourth-order valence-electron chi connectivity index (χ4n) is 1.79. The summed E-state index contributed by atoms with van der Waals surface area (Å²) in [7, 11) is 3.16. The maximum Gasteiger partial charge on any atom is 0.131 e. The minimum Gasteiger partial charge on any atom is -0.496 e. The van der Waals surface area contributed by atoms with Crippen LogP contribution >= 0.6 is 0 Å². The zero-order valence-electron chi connectivity index (χ0n) is 10.6. The average molecular weight is 241 g/mol. The van der Waals surface area contributed by atoms with Crippen LogP contribution in [-0.2, 0) is 4.74 Å². The Balaban J connectivity index is 2.90. The van der Waals surface area contributed by atoms with Crippen LogP contribution in [0.3, 0.4) is 0 Å². The van der Waals surface area contributed by atoms with Crippen LogP contribution in [0.5, 0.6) is 5.75 Å². The number of nitrogens with two attached hydrogens (primary N) is 1. The summed E-state index contributed by atoms with van der Waals surface area (Å²) in [5.74, 6) is 0.309. The average Bonchev–Trinajstić information content (AvgIpc) is 2.34. The molecule has 0 aliphatic rings. The normalized spacial score (nSPS) is 14.4. The number of hydrogen-bond acceptors (Lipinski definition) is 3. The molecule has 0 saturated heterocycles. The molecule has 1 aromatic carbocycles. The summed E-state index contributed by atoms with van der Waals surface area (Å²) in [6.07, 6.45) is 0.787. The van der Waals surface area contributed by atoms with E-state index in [2.05, 4.69) is 0 Å². The first kappa shape index (κ1) is 13.9. The van der Waals surface area contributed by atoms with Gasteiger partial charge in [-0.05, 0) is 24.5 Å². The van der Waals surface area contributed by atoms with Crippen molar-refractivity contribution in [3.8, 4) is 5.75 Å². The van der Waals surface area contributed by atoms with Gasteiger partial charge in [0.15, 0.2) is 0 Å². The summed E-state index contributed by atoms with van der Waals surface area (Å²) in [5, 5.41) is 0. The maximum atomic E-state index is 13.8. The molecular formula is C13H20FNO2. The fourth-order valence-corrected chi connectivity index (χ4v) is 1.79. The molecule has 0 aliphatic heterocycles. The van der Waals surface area contributed by atoms with E-state index in [9.17, 15) is 4.39 Å². The molecule has 2 unspecified atom stereocenters. The standard InChI is InChI=1S/C13H20FNO2/c1-9(7-8-16-2)13(15)12-10(14)5-4-6-11(12)17-3/h4-6,9,13H,7-8,15H2,1-3H3. The minimum absolute atomic E-state index is 0.126. The van der Waals surface area contributed by atoms with Crippen molar-refractivity contribution in [1.82, 2.24) is 0 Å². The predicted octanol–water partition coefficient (Wildman–Crippen LogP) is 2.51. The second kappa shape index (κ2) is 6.57. The van der Waals surface area contributed by atoms with Crippen molar-refractivity contribution in [3.05, 3.63) is 29.6 Å². The third-order valence-corrected chi connectivity index (χ3v) is 2.96. The van der Waals surface area contributed by atoms with Gasteiger partial charge in [0.1, 0.15) is 11.6 Å². The highest BCUT2D eigenvalue weighted by molar-refractivity contribution is 5.37. The topological polar surface area (TPSA) is 44.5 Å². The van der Waals surface area contributed by atoms with Gasteiger partial charge in [0.05, 0.1) is 7.11 Å². The van der Waals surface area contributed by atoms with Crippen molar-refractivity contribution in [2.75, 3.05) is 20.8 Å². The molecule has 0 radical (unpaired) electrons. The molecule has 0 aromatic heterocycles. The molecule has 0 bridgehead atoms. The highest BCUT2D eigenvalue weighted by atomic mass is 19.1. The van der Waals surface area contributed by atoms with Crippen molar-refractivity contribution in [2.24, 2.45) is 11.7 Å². The molecule has 1 aromatic rings. The number of ether oxygens (including phenoxy) is 2. The summed E-state index contributed by atoms with van der Waals surface area (Å²) < 4.78 is 23.9. The van der Waals surface area contributed by atoms with Crippen LogP contribution in [0.2, 0.25) is 0 Å². The van der Waals surface area contributed by atoms with Crippen LogP contribution in [0.15, 0.2) is 18.2 Å². The summed E-state index contributed by atoms with van der Waals surface area (Å²) in [6.45, 7) is 2.60. The zero-order valence-corrected chi connectivity index (χ0v) is 10.6. The Labute approximate surface area is 102 Å². The van der Waals surface area contributed by atoms with E-state index in [4.69, 9.17) is 15.2 Å². The maximum absolute atomic E-state index is 13.8. The van der Waals surface area contributed by atoms with Gasteiger partial charge in [-0.1, -0.05) is 13.0 Å². The molecule has 0 spiro atoms. The van der Waals surface area contributed by atoms with Crippen molar-refractivity contribution >= 4 is 0 Å². The van der Waals surface area contributed by atoms with E-state index < -0.39 is 0 Å². The summed E-state index contributed by atoms with van der Waals surface area (Å²) in [5.41, 5.74) is 6.52. The van der Waals surface area contributed by atoms with E-state index in [1.54, 1.807) is 19.2 Å². The van der Waals surface area contributed by atoms with E-state index >= 15 is 0 Å². The quantitative estimate of drug-likeness (QED) is 0.832. The van der Waals surface area contributed by atoms with Gasteiger partial charge in [-0.3, -0.25) is 0 Å². The van der Waals surface area contributed by atoms with Crippen LogP contribution in [0.4, 0.5) is 4.39 Å². The molecule has 0 saturated carbocycles. The molecular weight excluding hydrogens is 221 g/mol. The Hall–Kier alpha value is -1.13. The lowest BCUT2D eigenvalue weighted by molar-refractivity contribution is 0.174. The molecule has 0 amide bonds. The van der Waals surface area contributed by atoms with Crippen LogP contribution < -0.4 is 10.5 Å². The lowest BCUT2D eigenvalue weighted by Gasteiger charge is -2.22. The second-order valence-corrected chi connectivity index (χ2v) is 4.14. The number of benzene rings is 1. The third kappa shape index (κ3) is 3.41. The first-order chi connectivity index (χ1) is 8.11. The molecule has 3 nitrogen and oxygen atoms in total. The van der Waals surface area contributed by atoms with Gasteiger partial charge in [0.2, 0.25) is 0 Å². The molecule has 0 aliphatic carbocycles. The first-order valence-corrected chi connectivity index (χ1v) is 5.68. The van der Waals surface area contributed by atoms with Gasteiger partial charge in [0, 0.05) is 25.3 Å². The third-order valence-electron chi connectivity index (χ3n) is 2.96. The van der Waals surface area contributed by atoms with Crippen molar-refractivity contribution in [1.29, 1.82) is 0 Å². The fraction of sp³-hybridized carbons (Fsp3) is 0.538. The number of halogens is 1. The number of methoxy groups -OCH3 is 2. The highest BCUT2D eigenvalue weighted by Crippen LogP contribution is 2.31. The smallest absolute Gasteiger partial charge is 0.131 e. The van der Waals surface area contributed by atoms with Crippen LogP contribution in [0.1, 0.15) is 24.9 Å². The van der Waals surface area contributed by atoms with Crippen LogP contribution in [0.25, 0.3) is 0 Å². The molecule has 1 rings (SSSR count). The Kier molecular flexibility index (Phi) is 5.38. The second-order valence-electron chi connectivity index (χ2n) is 4.14. The zero-order chi connectivity index (χ0) is 12.8. The van der Waals surface area contributed by atoms with Crippen molar-refractivity contribution in [2.45, 2.75) is 19.4 Å². The number of hydrogen-bond donors (Lipinski definition) is 1. The molecule has 0 heterocycles. The monoisotopic (exact) mass is 241 g/mol. The number of rotatable bonds is 6. The Morgan fingerprint density at radius 1 is 1.35 bits per heavy atom. The van der Waals surface area contributed by atoms with E-state index in [1.807, 2.05) is 6.92 Å². The van der Waals surface area contributed by atoms with E-state index in [1.165, 1.54) is 13.2 Å². The van der Waals surface area contributed by atoms with Crippen LogP contribution in [0, 0.1) is 11.7 Å². The van der Waals surface area contributed by atoms with E-state index in [0.29, 0.717) is 17.9 Å². The predicted molar refractivity (Wildman–Crippen MR) is 65.5 cm³/mol. The first-order valence-electron chi connectivity index (χ1n) is 5.68. The van der Waals surface area contributed by atoms with Gasteiger partial charge in [-0.2, -0.15) is 0 Å². The van der Waals surface area contributed by atoms with Gasteiger partial charge in [-0.15, -0.1) is 0 Å². The lowest BCUT2D eigenvalue weighted by atomic mass is 9.92. The van der Waals surface area contributed by atoms with Crippen molar-refractivity contribution in [3.63, 3.8) is 0 Å². The van der Waals surface area contributed by atoms with Gasteiger partial charge in [0.25, 0.3) is 0 Å². The van der Waals surface area contributed by atoms with Gasteiger partial charge >= 0.3 is 0 Å². The Bertz CT molecular complexity index is 357. The molecule has 2 N–H and O–H groups in total. The summed E-state index contributed by atoms with van der Waals surface area (Å²) in [6, 6.07) is 4.35. The highest BCUT2D eigenvalue weighted by Gasteiger charge is 2.21. The molecule has 0 fully saturated rings. The minimum atomic E-state index is -0.388. The molecule has 96 valence electrons. The SMILES string of the molecule is COCCC(C)C(N)c1c(F)cccc1OC. The van der Waals surface area contributed by atoms with E-state index in [0.717, 1.165) is 6.42 Å². The summed E-state index contributed by atoms with van der Waals surface area (Å²) in [4.78, 5) is 0. The van der Waals surface area contributed by atoms with E-state index in [-0.39, 0.29) is 17.8 Å².